The van der Waals surface area contributed by atoms with Crippen molar-refractivity contribution in [3.63, 3.8) is 0 Å². The number of hydrogen-bond donors (Lipinski definition) is 1. The van der Waals surface area contributed by atoms with Gasteiger partial charge in [-0.1, -0.05) is 28.1 Å². The Kier molecular flexibility index (Phi) is 5.38. The first-order valence-electron chi connectivity index (χ1n) is 6.72. The van der Waals surface area contributed by atoms with Crippen LogP contribution in [0.15, 0.2) is 34.9 Å². The van der Waals surface area contributed by atoms with E-state index in [4.69, 9.17) is 0 Å². The maximum absolute atomic E-state index is 4.55. The van der Waals surface area contributed by atoms with Gasteiger partial charge in [-0.3, -0.25) is 9.88 Å². The largest absolute Gasteiger partial charge is 0.312 e. The number of fused-ring (bicyclic) bond motifs is 1. The van der Waals surface area contributed by atoms with Gasteiger partial charge in [-0.25, -0.2) is 0 Å². The Balaban J connectivity index is 0.00000147. The summed E-state index contributed by atoms with van der Waals surface area (Å²) in [5.74, 6) is 0. The molecule has 0 radical (unpaired) electrons. The van der Waals surface area contributed by atoms with Crippen molar-refractivity contribution in [2.75, 3.05) is 19.6 Å². The van der Waals surface area contributed by atoms with Crippen LogP contribution in [0.3, 0.4) is 0 Å². The number of halogens is 2. The molecule has 1 aromatic carbocycles. The molecule has 2 heterocycles. The van der Waals surface area contributed by atoms with E-state index in [0.29, 0.717) is 6.04 Å². The van der Waals surface area contributed by atoms with E-state index in [0.717, 1.165) is 36.2 Å². The Morgan fingerprint density at radius 2 is 2.25 bits per heavy atom. The predicted octanol–water partition coefficient (Wildman–Crippen LogP) is 3.21. The number of hydrogen-bond acceptors (Lipinski definition) is 3. The number of nitrogens with one attached hydrogen (secondary N) is 1. The summed E-state index contributed by atoms with van der Waals surface area (Å²) in [4.78, 5) is 7.05. The van der Waals surface area contributed by atoms with Crippen LogP contribution in [0.1, 0.15) is 12.5 Å². The molecule has 1 unspecified atom stereocenters. The molecule has 1 atom stereocenters. The summed E-state index contributed by atoms with van der Waals surface area (Å²) < 4.78 is 1.12. The highest BCUT2D eigenvalue weighted by atomic mass is 79.9. The summed E-state index contributed by atoms with van der Waals surface area (Å²) >= 11 is 3.60. The van der Waals surface area contributed by atoms with Crippen molar-refractivity contribution in [1.82, 2.24) is 15.2 Å². The second-order valence-electron chi connectivity index (χ2n) is 5.20. The maximum atomic E-state index is 4.55. The lowest BCUT2D eigenvalue weighted by molar-refractivity contribution is 0.200. The van der Waals surface area contributed by atoms with Gasteiger partial charge in [0.15, 0.2) is 0 Å². The Morgan fingerprint density at radius 3 is 3.05 bits per heavy atom. The van der Waals surface area contributed by atoms with E-state index in [-0.39, 0.29) is 12.4 Å². The number of benzene rings is 1. The van der Waals surface area contributed by atoms with Crippen LogP contribution in [0, 0.1) is 0 Å². The van der Waals surface area contributed by atoms with Gasteiger partial charge >= 0.3 is 0 Å². The lowest BCUT2D eigenvalue weighted by Crippen LogP contribution is -2.48. The lowest BCUT2D eigenvalue weighted by Gasteiger charge is -2.32. The molecule has 0 saturated carbocycles. The zero-order valence-corrected chi connectivity index (χ0v) is 13.9. The van der Waals surface area contributed by atoms with E-state index >= 15 is 0 Å². The highest BCUT2D eigenvalue weighted by molar-refractivity contribution is 9.10. The second-order valence-corrected chi connectivity index (χ2v) is 6.05. The van der Waals surface area contributed by atoms with E-state index in [9.17, 15) is 0 Å². The third kappa shape index (κ3) is 3.31. The van der Waals surface area contributed by atoms with Gasteiger partial charge < -0.3 is 5.32 Å². The summed E-state index contributed by atoms with van der Waals surface area (Å²) in [6.07, 6.45) is 1.87. The molecule has 5 heteroatoms. The standard InChI is InChI=1S/C15H18BrN3.ClH/c1-11-9-19(8-7-17-11)10-12-4-5-14(16)13-3-2-6-18-15(12)13;/h2-6,11,17H,7-10H2,1H3;1H. The first-order chi connectivity index (χ1) is 9.24. The van der Waals surface area contributed by atoms with E-state index in [2.05, 4.69) is 56.3 Å². The normalized spacial score (nSPS) is 19.8. The third-order valence-electron chi connectivity index (χ3n) is 3.65. The topological polar surface area (TPSA) is 28.2 Å². The van der Waals surface area contributed by atoms with Gasteiger partial charge in [0.1, 0.15) is 0 Å². The van der Waals surface area contributed by atoms with Crippen LogP contribution in [0.2, 0.25) is 0 Å². The molecule has 108 valence electrons. The molecule has 0 aliphatic carbocycles. The van der Waals surface area contributed by atoms with Crippen molar-refractivity contribution in [3.8, 4) is 0 Å². The molecular weight excluding hydrogens is 338 g/mol. The van der Waals surface area contributed by atoms with Crippen LogP contribution in [0.25, 0.3) is 10.9 Å². The molecule has 3 rings (SSSR count). The van der Waals surface area contributed by atoms with Gasteiger partial charge in [-0.15, -0.1) is 12.4 Å². The average Bonchev–Trinajstić information content (AvgIpc) is 2.42. The smallest absolute Gasteiger partial charge is 0.0758 e. The monoisotopic (exact) mass is 355 g/mol. The highest BCUT2D eigenvalue weighted by Gasteiger charge is 2.17. The molecule has 0 spiro atoms. The first-order valence-corrected chi connectivity index (χ1v) is 7.51. The van der Waals surface area contributed by atoms with Crippen LogP contribution in [0.5, 0.6) is 0 Å². The van der Waals surface area contributed by atoms with Crippen LogP contribution < -0.4 is 5.32 Å². The quantitative estimate of drug-likeness (QED) is 0.895. The molecule has 1 fully saturated rings. The maximum Gasteiger partial charge on any atom is 0.0758 e. The molecule has 1 aliphatic heterocycles. The average molecular weight is 357 g/mol. The van der Waals surface area contributed by atoms with Crippen molar-refractivity contribution < 1.29 is 0 Å². The number of pyridine rings is 1. The molecule has 1 aliphatic rings. The van der Waals surface area contributed by atoms with E-state index in [1.54, 1.807) is 0 Å². The lowest BCUT2D eigenvalue weighted by atomic mass is 10.1. The number of nitrogens with zero attached hydrogens (tertiary/aromatic N) is 2. The van der Waals surface area contributed by atoms with Crippen molar-refractivity contribution in [2.45, 2.75) is 19.5 Å². The summed E-state index contributed by atoms with van der Waals surface area (Å²) in [6.45, 7) is 6.50. The fourth-order valence-corrected chi connectivity index (χ4v) is 3.17. The van der Waals surface area contributed by atoms with Gasteiger partial charge in [-0.05, 0) is 24.6 Å². The zero-order valence-electron chi connectivity index (χ0n) is 11.5. The molecule has 3 nitrogen and oxygen atoms in total. The van der Waals surface area contributed by atoms with Crippen molar-refractivity contribution >= 4 is 39.2 Å². The summed E-state index contributed by atoms with van der Waals surface area (Å²) in [5.41, 5.74) is 2.43. The van der Waals surface area contributed by atoms with Gasteiger partial charge in [0, 0.05) is 48.3 Å². The predicted molar refractivity (Wildman–Crippen MR) is 89.4 cm³/mol. The minimum atomic E-state index is 0. The zero-order chi connectivity index (χ0) is 13.2. The molecule has 2 aromatic rings. The molecular formula is C15H19BrClN3. The molecule has 1 saturated heterocycles. The fourth-order valence-electron chi connectivity index (χ4n) is 2.72. The SMILES string of the molecule is CC1CN(Cc2ccc(Br)c3cccnc23)CCN1.Cl. The Morgan fingerprint density at radius 1 is 1.40 bits per heavy atom. The molecule has 1 aromatic heterocycles. The fraction of sp³-hybridized carbons (Fsp3) is 0.400. The van der Waals surface area contributed by atoms with Crippen molar-refractivity contribution in [2.24, 2.45) is 0 Å². The van der Waals surface area contributed by atoms with E-state index in [1.165, 1.54) is 10.9 Å². The minimum absolute atomic E-state index is 0. The molecule has 0 bridgehead atoms. The van der Waals surface area contributed by atoms with Crippen molar-refractivity contribution in [1.29, 1.82) is 0 Å². The third-order valence-corrected chi connectivity index (χ3v) is 4.34. The Bertz CT molecular complexity index is 590. The Labute approximate surface area is 134 Å². The van der Waals surface area contributed by atoms with Gasteiger partial charge in [0.2, 0.25) is 0 Å². The number of aromatic nitrogens is 1. The molecule has 1 N–H and O–H groups in total. The summed E-state index contributed by atoms with van der Waals surface area (Å²) in [7, 11) is 0. The number of piperazine rings is 1. The van der Waals surface area contributed by atoms with E-state index in [1.807, 2.05) is 12.3 Å². The van der Waals surface area contributed by atoms with E-state index < -0.39 is 0 Å². The number of rotatable bonds is 2. The van der Waals surface area contributed by atoms with Crippen LogP contribution in [0.4, 0.5) is 0 Å². The summed E-state index contributed by atoms with van der Waals surface area (Å²) in [5, 5.41) is 4.68. The van der Waals surface area contributed by atoms with Crippen molar-refractivity contribution in [3.05, 3.63) is 40.5 Å². The van der Waals surface area contributed by atoms with Gasteiger partial charge in [-0.2, -0.15) is 0 Å². The minimum Gasteiger partial charge on any atom is -0.312 e. The van der Waals surface area contributed by atoms with Gasteiger partial charge in [0.05, 0.1) is 5.52 Å². The second kappa shape index (κ2) is 6.85. The highest BCUT2D eigenvalue weighted by Crippen LogP contribution is 2.26. The van der Waals surface area contributed by atoms with Crippen LogP contribution >= 0.6 is 28.3 Å². The first kappa shape index (κ1) is 15.7. The summed E-state index contributed by atoms with van der Waals surface area (Å²) in [6, 6.07) is 9.00. The van der Waals surface area contributed by atoms with Crippen LogP contribution in [-0.4, -0.2) is 35.6 Å². The Hall–Kier alpha value is -0.680. The molecule has 20 heavy (non-hydrogen) atoms. The van der Waals surface area contributed by atoms with Crippen LogP contribution in [-0.2, 0) is 6.54 Å². The molecule has 0 amide bonds. The van der Waals surface area contributed by atoms with Gasteiger partial charge in [0.25, 0.3) is 0 Å².